The first-order valence-corrected chi connectivity index (χ1v) is 24.3. The van der Waals surface area contributed by atoms with Gasteiger partial charge >= 0.3 is 0 Å². The van der Waals surface area contributed by atoms with E-state index in [2.05, 4.69) is 252 Å². The van der Waals surface area contributed by atoms with Gasteiger partial charge in [0.2, 0.25) is 0 Å². The van der Waals surface area contributed by atoms with Crippen LogP contribution in [0.5, 0.6) is 0 Å². The molecule has 0 fully saturated rings. The van der Waals surface area contributed by atoms with Crippen LogP contribution >= 0.6 is 11.3 Å². The minimum absolute atomic E-state index is 0.437. The Kier molecular flexibility index (Phi) is 7.90. The molecule has 2 nitrogen and oxygen atoms in total. The van der Waals surface area contributed by atoms with Crippen molar-refractivity contribution in [3.63, 3.8) is 0 Å². The van der Waals surface area contributed by atoms with E-state index in [0.717, 1.165) is 22.7 Å². The number of hydrogen-bond donors (Lipinski definition) is 0. The minimum atomic E-state index is -0.437. The molecule has 2 aliphatic carbocycles. The number of para-hydroxylation sites is 1. The highest BCUT2D eigenvalue weighted by Gasteiger charge is 2.51. The number of fused-ring (bicyclic) bond motifs is 18. The molecule has 0 atom stereocenters. The molecule has 2 aliphatic rings. The molecule has 0 radical (unpaired) electrons. The van der Waals surface area contributed by atoms with E-state index in [9.17, 15) is 0 Å². The van der Waals surface area contributed by atoms with Gasteiger partial charge in [0.15, 0.2) is 0 Å². The van der Waals surface area contributed by atoms with Gasteiger partial charge in [0.25, 0.3) is 0 Å². The Labute approximate surface area is 397 Å². The van der Waals surface area contributed by atoms with Crippen LogP contribution in [0.3, 0.4) is 0 Å². The van der Waals surface area contributed by atoms with Gasteiger partial charge in [-0.05, 0) is 122 Å². The highest BCUT2D eigenvalue weighted by Crippen LogP contribution is 2.63. The van der Waals surface area contributed by atoms with Crippen molar-refractivity contribution in [2.45, 2.75) is 5.41 Å². The van der Waals surface area contributed by atoms with Crippen LogP contribution in [0.25, 0.3) is 91.8 Å². The van der Waals surface area contributed by atoms with Gasteiger partial charge in [0.1, 0.15) is 0 Å². The molecule has 15 rings (SSSR count). The monoisotopic (exact) mass is 880 g/mol. The van der Waals surface area contributed by atoms with Crippen LogP contribution in [0.15, 0.2) is 243 Å². The van der Waals surface area contributed by atoms with Crippen molar-refractivity contribution in [3.8, 4) is 39.1 Å². The van der Waals surface area contributed by atoms with Gasteiger partial charge in [-0.1, -0.05) is 182 Å². The summed E-state index contributed by atoms with van der Waals surface area (Å²) in [5.41, 5.74) is 19.5. The van der Waals surface area contributed by atoms with Crippen molar-refractivity contribution in [2.24, 2.45) is 0 Å². The Hall–Kier alpha value is -8.50. The molecule has 3 heteroatoms. The molecule has 0 N–H and O–H groups in total. The summed E-state index contributed by atoms with van der Waals surface area (Å²) in [6, 6.07) is 90.6. The van der Waals surface area contributed by atoms with E-state index in [0.29, 0.717) is 0 Å². The van der Waals surface area contributed by atoms with Crippen molar-refractivity contribution in [1.29, 1.82) is 0 Å². The molecule has 1 spiro atoms. The molecule has 2 heterocycles. The van der Waals surface area contributed by atoms with Gasteiger partial charge in [0, 0.05) is 59.1 Å². The lowest BCUT2D eigenvalue weighted by atomic mass is 9.70. The molecular formula is C65H40N2S. The predicted molar refractivity (Wildman–Crippen MR) is 288 cm³/mol. The van der Waals surface area contributed by atoms with Gasteiger partial charge < -0.3 is 9.47 Å². The van der Waals surface area contributed by atoms with Crippen molar-refractivity contribution in [3.05, 3.63) is 265 Å². The number of benzene rings is 11. The van der Waals surface area contributed by atoms with Crippen LogP contribution in [-0.4, -0.2) is 4.57 Å². The molecule has 0 amide bonds. The molecule has 0 saturated carbocycles. The molecule has 0 bridgehead atoms. The Morgan fingerprint density at radius 2 is 0.882 bits per heavy atom. The van der Waals surface area contributed by atoms with Gasteiger partial charge in [0.05, 0.1) is 16.4 Å². The number of anilines is 3. The lowest BCUT2D eigenvalue weighted by molar-refractivity contribution is 0.793. The molecule has 316 valence electrons. The number of rotatable bonds is 5. The van der Waals surface area contributed by atoms with Crippen LogP contribution in [0.4, 0.5) is 17.1 Å². The standard InChI is InChI=1S/C65H40N2S/c1-2-15-44(16-3-1)67-61-38-43(29-34-53(61)56-35-28-42-14-4-5-17-48(42)64(56)67)41-26-30-45(31-27-41)66(47-33-37-55-54-21-9-13-25-62(54)68-63(55)40-47)46-32-36-52-51-20-8-12-24-59(51)65(60(52)39-46)57-22-10-6-18-49(57)50-19-7-11-23-58(50)65/h1-40H. The zero-order valence-corrected chi connectivity index (χ0v) is 37.7. The number of nitrogens with zero attached hydrogens (tertiary/aromatic N) is 2. The largest absolute Gasteiger partial charge is 0.310 e. The third-order valence-electron chi connectivity index (χ3n) is 15.0. The molecule has 0 unspecified atom stereocenters. The maximum Gasteiger partial charge on any atom is 0.0726 e. The van der Waals surface area contributed by atoms with Crippen molar-refractivity contribution in [1.82, 2.24) is 4.57 Å². The number of thiophene rings is 1. The summed E-state index contributed by atoms with van der Waals surface area (Å²) in [5, 5.41) is 7.62. The van der Waals surface area contributed by atoms with E-state index < -0.39 is 5.41 Å². The first kappa shape index (κ1) is 37.7. The SMILES string of the molecule is c1ccc(-n2c3cc(-c4ccc(N(c5ccc6c(c5)C5(c7ccccc7-c7ccccc75)c5ccccc5-6)c5ccc6c(c5)sc5ccccc56)cc4)ccc3c3ccc4ccccc4c32)cc1. The first-order chi connectivity index (χ1) is 33.7. The van der Waals surface area contributed by atoms with Gasteiger partial charge in [-0.15, -0.1) is 11.3 Å². The molecule has 0 saturated heterocycles. The molecule has 0 aliphatic heterocycles. The predicted octanol–water partition coefficient (Wildman–Crippen LogP) is 17.8. The molecular weight excluding hydrogens is 841 g/mol. The first-order valence-electron chi connectivity index (χ1n) is 23.5. The van der Waals surface area contributed by atoms with Crippen molar-refractivity contribution in [2.75, 3.05) is 4.90 Å². The van der Waals surface area contributed by atoms with E-state index in [1.807, 2.05) is 11.3 Å². The molecule has 2 aromatic heterocycles. The molecule has 68 heavy (non-hydrogen) atoms. The van der Waals surface area contributed by atoms with Gasteiger partial charge in [-0.25, -0.2) is 0 Å². The van der Waals surface area contributed by atoms with E-state index in [1.165, 1.54) is 108 Å². The van der Waals surface area contributed by atoms with Crippen molar-refractivity contribution >= 4 is 81.1 Å². The second-order valence-corrected chi connectivity index (χ2v) is 19.4. The second kappa shape index (κ2) is 14.3. The van der Waals surface area contributed by atoms with Crippen LogP contribution in [0.1, 0.15) is 22.3 Å². The van der Waals surface area contributed by atoms with Crippen LogP contribution < -0.4 is 4.90 Å². The fourth-order valence-electron chi connectivity index (χ4n) is 12.1. The van der Waals surface area contributed by atoms with Crippen LogP contribution in [-0.2, 0) is 5.41 Å². The number of hydrogen-bond acceptors (Lipinski definition) is 2. The summed E-state index contributed by atoms with van der Waals surface area (Å²) in [7, 11) is 0. The fourth-order valence-corrected chi connectivity index (χ4v) is 13.3. The summed E-state index contributed by atoms with van der Waals surface area (Å²) >= 11 is 1.87. The normalized spacial score (nSPS) is 13.1. The Bertz CT molecular complexity index is 4150. The summed E-state index contributed by atoms with van der Waals surface area (Å²) in [4.78, 5) is 2.47. The second-order valence-electron chi connectivity index (χ2n) is 18.4. The van der Waals surface area contributed by atoms with E-state index in [4.69, 9.17) is 0 Å². The Balaban J connectivity index is 0.920. The zero-order valence-electron chi connectivity index (χ0n) is 36.9. The van der Waals surface area contributed by atoms with Crippen LogP contribution in [0, 0.1) is 0 Å². The average molecular weight is 881 g/mol. The summed E-state index contributed by atoms with van der Waals surface area (Å²) in [5.74, 6) is 0. The van der Waals surface area contributed by atoms with Crippen molar-refractivity contribution < 1.29 is 0 Å². The minimum Gasteiger partial charge on any atom is -0.310 e. The highest BCUT2D eigenvalue weighted by molar-refractivity contribution is 7.25. The highest BCUT2D eigenvalue weighted by atomic mass is 32.1. The van der Waals surface area contributed by atoms with E-state index in [1.54, 1.807) is 0 Å². The fraction of sp³-hybridized carbons (Fsp3) is 0.0154. The Morgan fingerprint density at radius 1 is 0.338 bits per heavy atom. The third kappa shape index (κ3) is 5.17. The maximum atomic E-state index is 2.50. The molecule has 13 aromatic rings. The quantitative estimate of drug-likeness (QED) is 0.167. The van der Waals surface area contributed by atoms with Crippen LogP contribution in [0.2, 0.25) is 0 Å². The maximum absolute atomic E-state index is 2.50. The Morgan fingerprint density at radius 3 is 1.63 bits per heavy atom. The summed E-state index contributed by atoms with van der Waals surface area (Å²) in [6.07, 6.45) is 0. The van der Waals surface area contributed by atoms with Gasteiger partial charge in [-0.3, -0.25) is 0 Å². The smallest absolute Gasteiger partial charge is 0.0726 e. The number of aromatic nitrogens is 1. The summed E-state index contributed by atoms with van der Waals surface area (Å²) < 4.78 is 5.04. The van der Waals surface area contributed by atoms with E-state index in [-0.39, 0.29) is 0 Å². The zero-order chi connectivity index (χ0) is 44.5. The average Bonchev–Trinajstić information content (AvgIpc) is 4.13. The third-order valence-corrected chi connectivity index (χ3v) is 16.1. The topological polar surface area (TPSA) is 8.17 Å². The summed E-state index contributed by atoms with van der Waals surface area (Å²) in [6.45, 7) is 0. The lowest BCUT2D eigenvalue weighted by Gasteiger charge is -2.32. The van der Waals surface area contributed by atoms with Gasteiger partial charge in [-0.2, -0.15) is 0 Å². The van der Waals surface area contributed by atoms with E-state index >= 15 is 0 Å². The molecule has 11 aromatic carbocycles. The lowest BCUT2D eigenvalue weighted by Crippen LogP contribution is -2.26.